The van der Waals surface area contributed by atoms with Gasteiger partial charge in [0.1, 0.15) is 0 Å². The third-order valence-corrected chi connectivity index (χ3v) is 3.34. The molecule has 0 N–H and O–H groups in total. The van der Waals surface area contributed by atoms with Crippen molar-refractivity contribution in [3.05, 3.63) is 0 Å². The van der Waals surface area contributed by atoms with E-state index in [4.69, 9.17) is 0 Å². The Hall–Kier alpha value is 2.31. The third-order valence-electron chi connectivity index (χ3n) is 0.408. The van der Waals surface area contributed by atoms with E-state index in [1.807, 2.05) is 0 Å². The second kappa shape index (κ2) is 16.1. The molecule has 0 aromatic carbocycles. The first-order valence-electron chi connectivity index (χ1n) is 1.92. The molecule has 0 aliphatic rings. The second-order valence-electron chi connectivity index (χ2n) is 1.60. The molecular weight excluding hydrogens is 466 g/mol. The Morgan fingerprint density at radius 2 is 1.25 bits per heavy atom. The minimum atomic E-state index is 0. The third kappa shape index (κ3) is 23.9. The zero-order valence-electron chi connectivity index (χ0n) is 5.01. The minimum absolute atomic E-state index is 0. The van der Waals surface area contributed by atoms with Gasteiger partial charge in [-0.15, -0.1) is 50.9 Å². The maximum atomic E-state index is 2.26. The Balaban J connectivity index is -0.0000000267. The van der Waals surface area contributed by atoms with Crippen molar-refractivity contribution >= 4 is 50.9 Å². The molecule has 0 amide bonds. The monoisotopic (exact) mass is 477 g/mol. The van der Waals surface area contributed by atoms with E-state index in [2.05, 4.69) is 13.8 Å². The predicted octanol–water partition coefficient (Wildman–Crippen LogP) is 3.34. The number of hydrogen-bond donors (Lipinski definition) is 0. The van der Waals surface area contributed by atoms with E-state index in [-0.39, 0.29) is 50.9 Å². The Labute approximate surface area is 98.1 Å². The van der Waals surface area contributed by atoms with Gasteiger partial charge in [0.25, 0.3) is 0 Å². The van der Waals surface area contributed by atoms with Gasteiger partial charge in [0.05, 0.1) is 0 Å². The molecule has 4 heteroatoms. The summed E-state index contributed by atoms with van der Waals surface area (Å²) in [7, 11) is 0. The number of rotatable bonds is 1. The Kier molecular flexibility index (Phi) is 45.3. The quantitative estimate of drug-likeness (QED) is 0.508. The zero-order valence-corrected chi connectivity index (χ0v) is 13.7. The molecule has 0 bridgehead atoms. The summed E-state index contributed by atoms with van der Waals surface area (Å²) in [6.07, 6.45) is 0. The Morgan fingerprint density at radius 1 is 1.12 bits per heavy atom. The van der Waals surface area contributed by atoms with Crippen molar-refractivity contribution in [1.29, 1.82) is 0 Å². The van der Waals surface area contributed by atoms with E-state index in [0.717, 1.165) is 5.92 Å². The van der Waals surface area contributed by atoms with Crippen LogP contribution in [0, 0.1) is 5.92 Å². The first-order valence-corrected chi connectivity index (χ1v) is 4.46. The summed E-state index contributed by atoms with van der Waals surface area (Å²) in [5.74, 6) is 0.946. The predicted molar refractivity (Wildman–Crippen MR) is 50.6 cm³/mol. The van der Waals surface area contributed by atoms with Crippen LogP contribution in [0.4, 0.5) is 0 Å². The van der Waals surface area contributed by atoms with E-state index in [1.54, 1.807) is 0 Å². The van der Waals surface area contributed by atoms with E-state index in [0.29, 0.717) is 0 Å². The molecule has 0 aliphatic carbocycles. The maximum absolute atomic E-state index is 2.26. The number of hydrogen-bond acceptors (Lipinski definition) is 0. The summed E-state index contributed by atoms with van der Waals surface area (Å²) < 4.78 is 1.44. The van der Waals surface area contributed by atoms with Gasteiger partial charge >= 0.3 is 48.3 Å². The molecular formula is C4H12Br3Hf. The van der Waals surface area contributed by atoms with E-state index in [1.165, 1.54) is 28.6 Å². The van der Waals surface area contributed by atoms with Gasteiger partial charge in [-0.3, -0.25) is 0 Å². The molecule has 0 aromatic heterocycles. The molecule has 0 radical (unpaired) electrons. The van der Waals surface area contributed by atoms with Crippen molar-refractivity contribution < 1.29 is 24.4 Å². The normalized spacial score (nSPS) is 5.75. The summed E-state index contributed by atoms with van der Waals surface area (Å²) in [6.45, 7) is 4.51. The van der Waals surface area contributed by atoms with E-state index < -0.39 is 0 Å². The first kappa shape index (κ1) is 22.4. The molecule has 0 unspecified atom stereocenters. The summed E-state index contributed by atoms with van der Waals surface area (Å²) in [5.41, 5.74) is 0. The van der Waals surface area contributed by atoms with Crippen LogP contribution in [-0.4, -0.2) is 0 Å². The van der Waals surface area contributed by atoms with Crippen molar-refractivity contribution in [1.82, 2.24) is 0 Å². The molecule has 0 rings (SSSR count). The van der Waals surface area contributed by atoms with Crippen LogP contribution in [0.3, 0.4) is 0 Å². The van der Waals surface area contributed by atoms with Crippen molar-refractivity contribution in [2.24, 2.45) is 5.92 Å². The molecule has 0 spiro atoms. The Bertz CT molecular complexity index is 25.2. The number of halogens is 3. The average Bonchev–Trinajstić information content (AvgIpc) is 1.38. The molecule has 0 saturated carbocycles. The van der Waals surface area contributed by atoms with Gasteiger partial charge in [-0.05, 0) is 0 Å². The summed E-state index contributed by atoms with van der Waals surface area (Å²) in [6, 6.07) is 0. The van der Waals surface area contributed by atoms with Crippen LogP contribution in [-0.2, 0) is 24.4 Å². The first-order chi connectivity index (χ1) is 2.27. The molecule has 0 aliphatic heterocycles. The van der Waals surface area contributed by atoms with Crippen LogP contribution >= 0.6 is 50.9 Å². The van der Waals surface area contributed by atoms with Gasteiger partial charge in [-0.1, -0.05) is 0 Å². The van der Waals surface area contributed by atoms with Crippen LogP contribution in [0.1, 0.15) is 13.8 Å². The van der Waals surface area contributed by atoms with Gasteiger partial charge in [-0.2, -0.15) is 0 Å². The second-order valence-corrected chi connectivity index (χ2v) is 3.06. The molecule has 0 atom stereocenters. The van der Waals surface area contributed by atoms with Crippen LogP contribution in [0.15, 0.2) is 0 Å². The molecule has 0 fully saturated rings. The Morgan fingerprint density at radius 3 is 1.25 bits per heavy atom. The summed E-state index contributed by atoms with van der Waals surface area (Å²) >= 11 is 1.37. The van der Waals surface area contributed by atoms with Gasteiger partial charge in [0.15, 0.2) is 0 Å². The van der Waals surface area contributed by atoms with Crippen molar-refractivity contribution in [3.63, 3.8) is 0 Å². The van der Waals surface area contributed by atoms with E-state index >= 15 is 0 Å². The van der Waals surface area contributed by atoms with Gasteiger partial charge in [0.2, 0.25) is 0 Å². The van der Waals surface area contributed by atoms with Crippen molar-refractivity contribution in [2.45, 2.75) is 18.0 Å². The van der Waals surface area contributed by atoms with Gasteiger partial charge in [-0.25, -0.2) is 0 Å². The summed E-state index contributed by atoms with van der Waals surface area (Å²) in [5, 5.41) is 0. The SMILES string of the molecule is Br.Br.Br.CC(C)[CH2][Hf]. The molecule has 0 heterocycles. The van der Waals surface area contributed by atoms with Crippen molar-refractivity contribution in [3.8, 4) is 0 Å². The van der Waals surface area contributed by atoms with Crippen molar-refractivity contribution in [2.75, 3.05) is 0 Å². The van der Waals surface area contributed by atoms with Crippen LogP contribution < -0.4 is 0 Å². The van der Waals surface area contributed by atoms with Gasteiger partial charge in [0, 0.05) is 0 Å². The molecule has 0 nitrogen and oxygen atoms in total. The molecule has 0 aromatic rings. The molecule has 53 valence electrons. The van der Waals surface area contributed by atoms with Crippen LogP contribution in [0.5, 0.6) is 0 Å². The standard InChI is InChI=1S/C4H9.3BrH.Hf/c1-4(2)3;;;;/h4H,1H2,2-3H3;3*1H;. The van der Waals surface area contributed by atoms with Gasteiger partial charge < -0.3 is 0 Å². The average molecular weight is 478 g/mol. The zero-order chi connectivity index (χ0) is 4.28. The topological polar surface area (TPSA) is 0 Å². The van der Waals surface area contributed by atoms with Crippen LogP contribution in [0.2, 0.25) is 4.18 Å². The molecule has 0 saturated heterocycles. The van der Waals surface area contributed by atoms with Crippen LogP contribution in [0.25, 0.3) is 0 Å². The molecule has 8 heavy (non-hydrogen) atoms. The fourth-order valence-corrected chi connectivity index (χ4v) is 0. The van der Waals surface area contributed by atoms with E-state index in [9.17, 15) is 0 Å². The summed E-state index contributed by atoms with van der Waals surface area (Å²) in [4.78, 5) is 0. The fraction of sp³-hybridized carbons (Fsp3) is 1.00. The fourth-order valence-electron chi connectivity index (χ4n) is 0.